The molecule has 0 N–H and O–H groups in total. The van der Waals surface area contributed by atoms with Crippen molar-refractivity contribution >= 4 is 0 Å². The van der Waals surface area contributed by atoms with Crippen LogP contribution in [0.4, 0.5) is 0 Å². The molecule has 0 aliphatic carbocycles. The van der Waals surface area contributed by atoms with Crippen LogP contribution in [0.2, 0.25) is 0 Å². The molecule has 26 heavy (non-hydrogen) atoms. The van der Waals surface area contributed by atoms with Gasteiger partial charge in [0.2, 0.25) is 0 Å². The molecule has 0 aliphatic heterocycles. The number of rotatable bonds is 2. The molecule has 6 heteroatoms. The van der Waals surface area contributed by atoms with E-state index < -0.39 is 10.2 Å². The van der Waals surface area contributed by atoms with Gasteiger partial charge < -0.3 is 0 Å². The summed E-state index contributed by atoms with van der Waals surface area (Å²) in [7, 11) is -4.94. The summed E-state index contributed by atoms with van der Waals surface area (Å²) in [6.45, 7) is 6.29. The molecule has 0 aliphatic rings. The van der Waals surface area contributed by atoms with Crippen molar-refractivity contribution in [2.75, 3.05) is 0 Å². The van der Waals surface area contributed by atoms with Crippen LogP contribution in [0.3, 0.4) is 0 Å². The zero-order valence-electron chi connectivity index (χ0n) is 14.7. The minimum absolute atomic E-state index is 0.908. The van der Waals surface area contributed by atoms with Crippen LogP contribution in [0.5, 0.6) is 0 Å². The Labute approximate surface area is 154 Å². The lowest BCUT2D eigenvalue weighted by atomic mass is 10.1. The summed E-state index contributed by atoms with van der Waals surface area (Å²) in [6, 6.07) is 21.0. The molecule has 0 atom stereocenters. The van der Waals surface area contributed by atoms with Crippen molar-refractivity contribution in [2.45, 2.75) is 20.8 Å². The first-order valence-electron chi connectivity index (χ1n) is 7.82. The predicted molar refractivity (Wildman–Crippen MR) is 88.2 cm³/mol. The lowest BCUT2D eigenvalue weighted by Crippen LogP contribution is -2.68. The Bertz CT molecular complexity index is 783. The third kappa shape index (κ3) is 6.55. The molecule has 0 bridgehead atoms. The van der Waals surface area contributed by atoms with E-state index in [1.165, 1.54) is 16.7 Å². The highest BCUT2D eigenvalue weighted by atomic mass is 35.7. The van der Waals surface area contributed by atoms with Gasteiger partial charge in [-0.15, -0.1) is 10.2 Å². The largest absolute Gasteiger partial charge is 0.361 e. The average molecular weight is 375 g/mol. The van der Waals surface area contributed by atoms with E-state index in [-0.39, 0.29) is 0 Å². The highest BCUT2D eigenvalue weighted by molar-refractivity contribution is 5.64. The van der Waals surface area contributed by atoms with E-state index in [1.54, 1.807) is 0 Å². The van der Waals surface area contributed by atoms with Gasteiger partial charge in [-0.05, 0) is 50.6 Å². The molecule has 0 radical (unpaired) electrons. The predicted octanol–water partition coefficient (Wildman–Crippen LogP) is 1.06. The first-order chi connectivity index (χ1) is 12.1. The lowest BCUT2D eigenvalue weighted by molar-refractivity contribution is -2.00. The van der Waals surface area contributed by atoms with Gasteiger partial charge in [-0.1, -0.05) is 35.4 Å². The Kier molecular flexibility index (Phi) is 6.47. The van der Waals surface area contributed by atoms with Crippen LogP contribution in [0, 0.1) is 31.0 Å². The summed E-state index contributed by atoms with van der Waals surface area (Å²) in [5, 5.41) is 0. The maximum atomic E-state index is 8.49. The zero-order valence-corrected chi connectivity index (χ0v) is 15.4. The summed E-state index contributed by atoms with van der Waals surface area (Å²) in [6.07, 6.45) is 0. The Morgan fingerprint density at radius 1 is 0.577 bits per heavy atom. The van der Waals surface area contributed by atoms with E-state index in [4.69, 9.17) is 23.1 Å². The smallest absolute Gasteiger partial charge is 0.222 e. The molecule has 2 aromatic carbocycles. The van der Waals surface area contributed by atoms with Crippen LogP contribution < -0.4 is 18.6 Å². The highest BCUT2D eigenvalue weighted by Crippen LogP contribution is 2.28. The molecule has 1 aromatic heterocycles. The van der Waals surface area contributed by atoms with Crippen LogP contribution in [-0.4, -0.2) is 0 Å². The van der Waals surface area contributed by atoms with Gasteiger partial charge in [0, 0.05) is 12.1 Å². The van der Waals surface area contributed by atoms with Gasteiger partial charge in [-0.2, -0.15) is 0 Å². The topological polar surface area (TPSA) is 104 Å². The molecular formula is C20H19ClO5. The van der Waals surface area contributed by atoms with Gasteiger partial charge in [0.1, 0.15) is 0 Å². The summed E-state index contributed by atoms with van der Waals surface area (Å²) >= 11 is 0. The standard InChI is InChI=1S/C20H19O.ClHO4/c1-14-4-8-17(9-5-14)19-12-16(3)13-20(21-19)18-10-6-15(2)7-11-18;2-1(3,4)5/h4-13H,1-3H3;(H,2,3,4,5)/q+1;/p-1. The minimum atomic E-state index is -4.94. The quantitative estimate of drug-likeness (QED) is 0.624. The molecule has 136 valence electrons. The summed E-state index contributed by atoms with van der Waals surface area (Å²) in [4.78, 5) is 0. The number of hydrogen-bond acceptors (Lipinski definition) is 4. The Morgan fingerprint density at radius 3 is 1.19 bits per heavy atom. The van der Waals surface area contributed by atoms with Crippen molar-refractivity contribution in [3.05, 3.63) is 77.4 Å². The molecule has 0 spiro atoms. The minimum Gasteiger partial charge on any atom is -0.222 e. The third-order valence-corrected chi connectivity index (χ3v) is 3.61. The lowest BCUT2D eigenvalue weighted by Gasteiger charge is -2.17. The number of hydrogen-bond donors (Lipinski definition) is 0. The van der Waals surface area contributed by atoms with E-state index in [0.29, 0.717) is 0 Å². The highest BCUT2D eigenvalue weighted by Gasteiger charge is 2.18. The normalized spacial score (nSPS) is 10.9. The van der Waals surface area contributed by atoms with Crippen LogP contribution in [0.1, 0.15) is 16.7 Å². The van der Waals surface area contributed by atoms with Crippen LogP contribution in [0.25, 0.3) is 22.6 Å². The number of halogens is 1. The number of aryl methyl sites for hydroxylation is 3. The molecule has 0 unspecified atom stereocenters. The van der Waals surface area contributed by atoms with Gasteiger partial charge in [0.15, 0.2) is 0 Å². The van der Waals surface area contributed by atoms with Crippen molar-refractivity contribution in [2.24, 2.45) is 0 Å². The van der Waals surface area contributed by atoms with Crippen molar-refractivity contribution in [3.8, 4) is 22.6 Å². The van der Waals surface area contributed by atoms with Crippen molar-refractivity contribution in [1.82, 2.24) is 0 Å². The molecule has 0 saturated heterocycles. The van der Waals surface area contributed by atoms with Crippen LogP contribution in [0.15, 0.2) is 65.1 Å². The first-order valence-corrected chi connectivity index (χ1v) is 9.06. The molecule has 3 aromatic rings. The first kappa shape index (κ1) is 20.0. The van der Waals surface area contributed by atoms with Crippen molar-refractivity contribution in [1.29, 1.82) is 0 Å². The Morgan fingerprint density at radius 2 is 0.885 bits per heavy atom. The van der Waals surface area contributed by atoms with Crippen LogP contribution >= 0.6 is 0 Å². The average Bonchev–Trinajstić information content (AvgIpc) is 2.54. The van der Waals surface area contributed by atoms with Gasteiger partial charge >= 0.3 is 11.5 Å². The van der Waals surface area contributed by atoms with Crippen molar-refractivity contribution < 1.29 is 33.3 Å². The maximum Gasteiger partial charge on any atom is 0.361 e. The van der Waals surface area contributed by atoms with E-state index in [2.05, 4.69) is 81.4 Å². The zero-order chi connectivity index (χ0) is 19.3. The van der Waals surface area contributed by atoms with E-state index >= 15 is 0 Å². The van der Waals surface area contributed by atoms with E-state index in [0.717, 1.165) is 22.6 Å². The van der Waals surface area contributed by atoms with E-state index in [1.807, 2.05) is 0 Å². The Balaban J connectivity index is 0.000000431. The fraction of sp³-hybridized carbons (Fsp3) is 0.150. The van der Waals surface area contributed by atoms with Gasteiger partial charge in [0.25, 0.3) is 0 Å². The fourth-order valence-corrected chi connectivity index (χ4v) is 2.35. The van der Waals surface area contributed by atoms with Crippen LogP contribution in [-0.2, 0) is 0 Å². The van der Waals surface area contributed by atoms with Gasteiger partial charge in [0.05, 0.1) is 11.1 Å². The molecule has 5 nitrogen and oxygen atoms in total. The maximum absolute atomic E-state index is 8.49. The molecule has 0 fully saturated rings. The Hall–Kier alpha value is -2.28. The second kappa shape index (κ2) is 8.40. The molecular weight excluding hydrogens is 356 g/mol. The molecule has 1 heterocycles. The third-order valence-electron chi connectivity index (χ3n) is 3.61. The number of benzene rings is 2. The molecule has 0 saturated carbocycles. The second-order valence-electron chi connectivity index (χ2n) is 5.97. The summed E-state index contributed by atoms with van der Waals surface area (Å²) in [5.74, 6) is 1.82. The monoisotopic (exact) mass is 374 g/mol. The fourth-order valence-electron chi connectivity index (χ4n) is 2.35. The summed E-state index contributed by atoms with van der Waals surface area (Å²) in [5.41, 5.74) is 5.93. The van der Waals surface area contributed by atoms with Gasteiger partial charge in [-0.25, -0.2) is 23.1 Å². The van der Waals surface area contributed by atoms with Crippen molar-refractivity contribution in [3.63, 3.8) is 0 Å². The molecule has 0 amide bonds. The second-order valence-corrected chi connectivity index (χ2v) is 6.73. The van der Waals surface area contributed by atoms with E-state index in [9.17, 15) is 0 Å². The summed E-state index contributed by atoms with van der Waals surface area (Å²) < 4.78 is 40.1. The SMILES string of the molecule is Cc1ccc(-c2cc(C)cc(-c3ccc(C)cc3)[o+]2)cc1.[O-][Cl+3]([O-])([O-])[O-]. The molecule has 3 rings (SSSR count). The van der Waals surface area contributed by atoms with Gasteiger partial charge in [-0.3, -0.25) is 0 Å².